The van der Waals surface area contributed by atoms with E-state index in [0.717, 1.165) is 24.2 Å². The number of rotatable bonds is 11. The normalized spacial score (nSPS) is 28.1. The number of fused-ring (bicyclic) bond motifs is 1. The highest BCUT2D eigenvalue weighted by atomic mass is 35.5. The first kappa shape index (κ1) is 29.7. The summed E-state index contributed by atoms with van der Waals surface area (Å²) in [7, 11) is 0. The number of hydrogen-bond donors (Lipinski definition) is 3. The zero-order valence-corrected chi connectivity index (χ0v) is 25.3. The summed E-state index contributed by atoms with van der Waals surface area (Å²) in [6, 6.07) is 11.9. The number of aryl methyl sites for hydroxylation is 1. The molecule has 3 aliphatic rings. The van der Waals surface area contributed by atoms with Crippen molar-refractivity contribution < 1.29 is 24.2 Å². The molecule has 3 amide bonds. The number of halogens is 1. The summed E-state index contributed by atoms with van der Waals surface area (Å²) in [5, 5.41) is 15.8. The average molecular weight is 600 g/mol. The van der Waals surface area contributed by atoms with E-state index in [0.29, 0.717) is 48.8 Å². The molecule has 2 bridgehead atoms. The lowest BCUT2D eigenvalue weighted by atomic mass is 9.66. The Balaban J connectivity index is 1.45. The molecule has 41 heavy (non-hydrogen) atoms. The summed E-state index contributed by atoms with van der Waals surface area (Å²) in [5.41, 5.74) is 2.01. The summed E-state index contributed by atoms with van der Waals surface area (Å²) in [6.07, 6.45) is 3.43. The van der Waals surface area contributed by atoms with Crippen LogP contribution in [0, 0.1) is 18.8 Å². The Hall–Kier alpha value is -2.75. The number of aliphatic hydroxyl groups excluding tert-OH is 1. The monoisotopic (exact) mass is 599 g/mol. The largest absolute Gasteiger partial charge is 0.494 e. The van der Waals surface area contributed by atoms with E-state index in [1.54, 1.807) is 34.9 Å². The highest BCUT2D eigenvalue weighted by Crippen LogP contribution is 2.71. The van der Waals surface area contributed by atoms with E-state index >= 15 is 0 Å². The van der Waals surface area contributed by atoms with E-state index in [1.807, 2.05) is 38.1 Å². The molecule has 8 nitrogen and oxygen atoms in total. The third-order valence-corrected chi connectivity index (χ3v) is 11.1. The lowest BCUT2D eigenvalue weighted by molar-refractivity contribution is -0.139. The van der Waals surface area contributed by atoms with E-state index in [4.69, 9.17) is 16.3 Å². The number of ether oxygens (including phenoxy) is 1. The van der Waals surface area contributed by atoms with Crippen LogP contribution in [-0.2, 0) is 14.4 Å². The zero-order chi connectivity index (χ0) is 29.4. The van der Waals surface area contributed by atoms with Crippen molar-refractivity contribution in [1.29, 1.82) is 0 Å². The molecule has 1 spiro atoms. The van der Waals surface area contributed by atoms with E-state index in [9.17, 15) is 19.5 Å². The van der Waals surface area contributed by atoms with Crippen LogP contribution in [0.3, 0.4) is 0 Å². The first-order valence-electron chi connectivity index (χ1n) is 14.4. The summed E-state index contributed by atoms with van der Waals surface area (Å²) in [4.78, 5) is 43.9. The summed E-state index contributed by atoms with van der Waals surface area (Å²) in [5.74, 6) is -1.10. The number of benzene rings is 2. The standard InChI is InChI=1S/C31H38ClN3O5S/c1-4-40-21-13-11-20(12-14-21)33-27(37)23-24-29(39)35(17-6-5-7-18-36)26(31(24)16-15-30(23,3)41-31)28(38)34-25-19(2)9-8-10-22(25)32/h8-14,23-24,26,36H,4-7,15-18H2,1-3H3,(H,33,37)(H,34,38)/t23-,24-,26?,30+,31?/m0/s1. The molecule has 220 valence electrons. The number of hydrogen-bond acceptors (Lipinski definition) is 6. The molecule has 3 heterocycles. The molecule has 3 aliphatic heterocycles. The molecule has 0 aliphatic carbocycles. The van der Waals surface area contributed by atoms with Crippen molar-refractivity contribution >= 4 is 52.5 Å². The number of amides is 3. The van der Waals surface area contributed by atoms with Gasteiger partial charge in [0, 0.05) is 23.6 Å². The van der Waals surface area contributed by atoms with Gasteiger partial charge >= 0.3 is 0 Å². The molecular formula is C31H38ClN3O5S. The number of nitrogens with zero attached hydrogens (tertiary/aromatic N) is 1. The van der Waals surface area contributed by atoms with Gasteiger partial charge in [-0.1, -0.05) is 23.7 Å². The Morgan fingerprint density at radius 2 is 1.85 bits per heavy atom. The Kier molecular flexibility index (Phi) is 8.60. The van der Waals surface area contributed by atoms with Crippen molar-refractivity contribution in [2.24, 2.45) is 11.8 Å². The Bertz CT molecular complexity index is 1300. The molecular weight excluding hydrogens is 562 g/mol. The van der Waals surface area contributed by atoms with Crippen molar-refractivity contribution in [1.82, 2.24) is 4.90 Å². The Morgan fingerprint density at radius 3 is 2.54 bits per heavy atom. The smallest absolute Gasteiger partial charge is 0.248 e. The van der Waals surface area contributed by atoms with Gasteiger partial charge in [0.15, 0.2) is 0 Å². The maximum absolute atomic E-state index is 14.2. The van der Waals surface area contributed by atoms with Crippen LogP contribution in [0.1, 0.15) is 51.5 Å². The molecule has 3 saturated heterocycles. The first-order chi connectivity index (χ1) is 19.6. The number of carbonyl (C=O) groups excluding carboxylic acids is 3. The van der Waals surface area contributed by atoms with Crippen molar-refractivity contribution in [2.45, 2.75) is 68.4 Å². The quantitative estimate of drug-likeness (QED) is 0.304. The second-order valence-electron chi connectivity index (χ2n) is 11.4. The summed E-state index contributed by atoms with van der Waals surface area (Å²) >= 11 is 8.10. The van der Waals surface area contributed by atoms with Crippen LogP contribution in [-0.4, -0.2) is 63.0 Å². The van der Waals surface area contributed by atoms with Gasteiger partial charge in [-0.15, -0.1) is 11.8 Å². The van der Waals surface area contributed by atoms with Crippen LogP contribution in [0.25, 0.3) is 0 Å². The minimum absolute atomic E-state index is 0.0816. The fourth-order valence-corrected chi connectivity index (χ4v) is 9.57. The molecule has 0 radical (unpaired) electrons. The SMILES string of the molecule is CCOc1ccc(NC(=O)[C@@H]2[C@H]3C(=O)N(CCCCCO)C(C(=O)Nc4c(C)cccc4Cl)C34CC[C@@]2(C)S4)cc1. The molecule has 5 atom stereocenters. The topological polar surface area (TPSA) is 108 Å². The summed E-state index contributed by atoms with van der Waals surface area (Å²) in [6.45, 7) is 6.87. The summed E-state index contributed by atoms with van der Waals surface area (Å²) < 4.78 is 4.32. The maximum Gasteiger partial charge on any atom is 0.248 e. The van der Waals surface area contributed by atoms with Crippen LogP contribution in [0.2, 0.25) is 5.02 Å². The van der Waals surface area contributed by atoms with Gasteiger partial charge in [-0.25, -0.2) is 0 Å². The zero-order valence-electron chi connectivity index (χ0n) is 23.7. The van der Waals surface area contributed by atoms with Crippen molar-refractivity contribution in [3.05, 3.63) is 53.1 Å². The van der Waals surface area contributed by atoms with E-state index in [1.165, 1.54) is 0 Å². The fourth-order valence-electron chi connectivity index (χ4n) is 6.94. The number of thioether (sulfide) groups is 1. The number of anilines is 2. The maximum atomic E-state index is 14.2. The predicted molar refractivity (Wildman–Crippen MR) is 162 cm³/mol. The highest BCUT2D eigenvalue weighted by Gasteiger charge is 2.77. The highest BCUT2D eigenvalue weighted by molar-refractivity contribution is 8.02. The number of nitrogens with one attached hydrogen (secondary N) is 2. The van der Waals surface area contributed by atoms with Gasteiger partial charge in [-0.2, -0.15) is 0 Å². The minimum atomic E-state index is -0.736. The lowest BCUT2D eigenvalue weighted by Crippen LogP contribution is -2.52. The predicted octanol–water partition coefficient (Wildman–Crippen LogP) is 5.27. The molecule has 2 aromatic rings. The van der Waals surface area contributed by atoms with E-state index < -0.39 is 27.4 Å². The fraction of sp³-hybridized carbons (Fsp3) is 0.516. The van der Waals surface area contributed by atoms with Crippen LogP contribution < -0.4 is 15.4 Å². The second-order valence-corrected chi connectivity index (χ2v) is 13.7. The third kappa shape index (κ3) is 5.32. The number of carbonyl (C=O) groups is 3. The number of aliphatic hydroxyl groups is 1. The average Bonchev–Trinajstić information content (AvgIpc) is 3.50. The first-order valence-corrected chi connectivity index (χ1v) is 15.6. The third-order valence-electron chi connectivity index (χ3n) is 8.77. The second kappa shape index (κ2) is 11.9. The Labute approximate surface area is 250 Å². The molecule has 3 fully saturated rings. The molecule has 2 unspecified atom stereocenters. The van der Waals surface area contributed by atoms with Gasteiger partial charge in [0.25, 0.3) is 0 Å². The van der Waals surface area contributed by atoms with Gasteiger partial charge in [-0.05, 0) is 88.8 Å². The lowest BCUT2D eigenvalue weighted by Gasteiger charge is -2.35. The van der Waals surface area contributed by atoms with Crippen LogP contribution in [0.5, 0.6) is 5.75 Å². The van der Waals surface area contributed by atoms with Gasteiger partial charge in [0.05, 0.1) is 33.9 Å². The molecule has 10 heteroatoms. The van der Waals surface area contributed by atoms with Crippen LogP contribution >= 0.6 is 23.4 Å². The van der Waals surface area contributed by atoms with Gasteiger partial charge in [0.2, 0.25) is 17.7 Å². The van der Waals surface area contributed by atoms with Crippen molar-refractivity contribution in [3.63, 3.8) is 0 Å². The van der Waals surface area contributed by atoms with E-state index in [-0.39, 0.29) is 24.3 Å². The molecule has 0 saturated carbocycles. The number of para-hydroxylation sites is 1. The number of likely N-dealkylation sites (tertiary alicyclic amines) is 1. The van der Waals surface area contributed by atoms with Crippen LogP contribution in [0.15, 0.2) is 42.5 Å². The minimum Gasteiger partial charge on any atom is -0.494 e. The molecule has 3 N–H and O–H groups in total. The van der Waals surface area contributed by atoms with Gasteiger partial charge in [0.1, 0.15) is 11.8 Å². The van der Waals surface area contributed by atoms with Gasteiger partial charge < -0.3 is 25.4 Å². The Morgan fingerprint density at radius 1 is 1.10 bits per heavy atom. The number of unbranched alkanes of at least 4 members (excludes halogenated alkanes) is 2. The van der Waals surface area contributed by atoms with E-state index in [2.05, 4.69) is 17.6 Å². The molecule has 5 rings (SSSR count). The van der Waals surface area contributed by atoms with Crippen molar-refractivity contribution in [2.75, 3.05) is 30.4 Å². The van der Waals surface area contributed by atoms with Crippen LogP contribution in [0.4, 0.5) is 11.4 Å². The van der Waals surface area contributed by atoms with Gasteiger partial charge in [-0.3, -0.25) is 14.4 Å². The molecule has 0 aromatic heterocycles. The van der Waals surface area contributed by atoms with Crippen molar-refractivity contribution in [3.8, 4) is 5.75 Å². The molecule has 2 aromatic carbocycles.